The lowest BCUT2D eigenvalue weighted by atomic mass is 9.74. The van der Waals surface area contributed by atoms with E-state index in [-0.39, 0.29) is 22.3 Å². The normalized spacial score (nSPS) is 28.2. The maximum Gasteiger partial charge on any atom is 0.410 e. The molecule has 3 atom stereocenters. The minimum absolute atomic E-state index is 0.152. The Morgan fingerprint density at radius 2 is 1.72 bits per heavy atom. The van der Waals surface area contributed by atoms with E-state index in [2.05, 4.69) is 11.6 Å². The van der Waals surface area contributed by atoms with E-state index in [9.17, 15) is 9.00 Å². The van der Waals surface area contributed by atoms with Crippen LogP contribution in [0.4, 0.5) is 4.79 Å². The first-order valence-corrected chi connectivity index (χ1v) is 10.6. The van der Waals surface area contributed by atoms with Gasteiger partial charge in [0.25, 0.3) is 0 Å². The fraction of sp³-hybridized carbons (Fsp3) is 0.947. The maximum atomic E-state index is 12.6. The number of amides is 1. The SMILES string of the molecule is C[C@H]1C[C@@H](N[S@](=O)C(C)(C)C)C2(CCN(C(=O)OC(C)(C)C)CC2)C1. The number of carbonyl (C=O) groups is 1. The first-order valence-electron chi connectivity index (χ1n) is 9.48. The average Bonchev–Trinajstić information content (AvgIpc) is 2.72. The highest BCUT2D eigenvalue weighted by atomic mass is 32.2. The molecule has 1 aliphatic carbocycles. The Labute approximate surface area is 155 Å². The molecule has 1 spiro atoms. The van der Waals surface area contributed by atoms with Gasteiger partial charge in [0, 0.05) is 19.1 Å². The Kier molecular flexibility index (Phi) is 5.94. The van der Waals surface area contributed by atoms with Crippen molar-refractivity contribution < 1.29 is 13.7 Å². The number of nitrogens with zero attached hydrogens (tertiary/aromatic N) is 1. The molecule has 5 nitrogen and oxygen atoms in total. The van der Waals surface area contributed by atoms with Gasteiger partial charge in [-0.05, 0) is 78.6 Å². The molecule has 6 heteroatoms. The summed E-state index contributed by atoms with van der Waals surface area (Å²) in [6.45, 7) is 15.4. The Hall–Kier alpha value is -0.620. The van der Waals surface area contributed by atoms with Crippen molar-refractivity contribution in [3.8, 4) is 0 Å². The number of carbonyl (C=O) groups excluding carboxylic acids is 1. The minimum atomic E-state index is -1.06. The van der Waals surface area contributed by atoms with E-state index in [1.807, 2.05) is 46.4 Å². The molecule has 146 valence electrons. The van der Waals surface area contributed by atoms with Crippen LogP contribution in [0, 0.1) is 11.3 Å². The number of ether oxygens (including phenoxy) is 1. The minimum Gasteiger partial charge on any atom is -0.444 e. The number of piperidine rings is 1. The van der Waals surface area contributed by atoms with Gasteiger partial charge in [-0.15, -0.1) is 0 Å². The van der Waals surface area contributed by atoms with E-state index in [0.717, 1.165) is 38.8 Å². The molecule has 1 amide bonds. The summed E-state index contributed by atoms with van der Waals surface area (Å²) in [7, 11) is -1.06. The van der Waals surface area contributed by atoms with E-state index in [0.29, 0.717) is 5.92 Å². The third kappa shape index (κ3) is 5.19. The van der Waals surface area contributed by atoms with Crippen molar-refractivity contribution in [2.24, 2.45) is 11.3 Å². The average molecular weight is 373 g/mol. The molecule has 1 saturated carbocycles. The van der Waals surface area contributed by atoms with Gasteiger partial charge in [-0.3, -0.25) is 0 Å². The van der Waals surface area contributed by atoms with Gasteiger partial charge in [-0.2, -0.15) is 0 Å². The Morgan fingerprint density at radius 3 is 2.20 bits per heavy atom. The van der Waals surface area contributed by atoms with Gasteiger partial charge < -0.3 is 9.64 Å². The fourth-order valence-corrected chi connectivity index (χ4v) is 5.02. The van der Waals surface area contributed by atoms with Gasteiger partial charge in [-0.1, -0.05) is 6.92 Å². The van der Waals surface area contributed by atoms with Crippen molar-refractivity contribution in [3.63, 3.8) is 0 Å². The zero-order valence-corrected chi connectivity index (χ0v) is 17.8. The second-order valence-electron chi connectivity index (χ2n) is 9.93. The second kappa shape index (κ2) is 7.18. The highest BCUT2D eigenvalue weighted by Gasteiger charge is 2.49. The van der Waals surface area contributed by atoms with Crippen LogP contribution in [-0.4, -0.2) is 44.7 Å². The summed E-state index contributed by atoms with van der Waals surface area (Å²) in [6.07, 6.45) is 3.91. The summed E-state index contributed by atoms with van der Waals surface area (Å²) in [5.41, 5.74) is -0.305. The molecule has 0 aromatic carbocycles. The van der Waals surface area contributed by atoms with Crippen LogP contribution in [0.3, 0.4) is 0 Å². The van der Waals surface area contributed by atoms with Crippen molar-refractivity contribution in [1.82, 2.24) is 9.62 Å². The van der Waals surface area contributed by atoms with Crippen LogP contribution in [0.15, 0.2) is 0 Å². The zero-order chi connectivity index (χ0) is 19.0. The molecule has 1 saturated heterocycles. The van der Waals surface area contributed by atoms with Crippen LogP contribution in [0.2, 0.25) is 0 Å². The van der Waals surface area contributed by atoms with E-state index < -0.39 is 16.6 Å². The molecule has 0 radical (unpaired) electrons. The maximum absolute atomic E-state index is 12.6. The summed E-state index contributed by atoms with van der Waals surface area (Å²) in [5.74, 6) is 0.627. The molecule has 2 fully saturated rings. The quantitative estimate of drug-likeness (QED) is 0.801. The third-order valence-corrected chi connectivity index (χ3v) is 6.96. The van der Waals surface area contributed by atoms with Gasteiger partial charge in [0.15, 0.2) is 0 Å². The van der Waals surface area contributed by atoms with Gasteiger partial charge in [0.1, 0.15) is 5.60 Å². The molecule has 1 aliphatic heterocycles. The van der Waals surface area contributed by atoms with Gasteiger partial charge >= 0.3 is 6.09 Å². The zero-order valence-electron chi connectivity index (χ0n) is 17.0. The number of hydrogen-bond acceptors (Lipinski definition) is 3. The summed E-state index contributed by atoms with van der Waals surface area (Å²) < 4.78 is 21.3. The Balaban J connectivity index is 2.01. The molecule has 2 aliphatic rings. The predicted octanol–water partition coefficient (Wildman–Crippen LogP) is 3.85. The molecular formula is C19H36N2O3S. The largest absolute Gasteiger partial charge is 0.444 e. The van der Waals surface area contributed by atoms with Crippen molar-refractivity contribution in [1.29, 1.82) is 0 Å². The molecule has 0 aromatic rings. The molecule has 0 bridgehead atoms. The van der Waals surface area contributed by atoms with Crippen LogP contribution in [0.25, 0.3) is 0 Å². The van der Waals surface area contributed by atoms with E-state index in [1.54, 1.807) is 0 Å². The molecular weight excluding hydrogens is 336 g/mol. The first-order chi connectivity index (χ1) is 11.3. The smallest absolute Gasteiger partial charge is 0.410 e. The summed E-state index contributed by atoms with van der Waals surface area (Å²) >= 11 is 0. The van der Waals surface area contributed by atoms with E-state index in [4.69, 9.17) is 4.74 Å². The second-order valence-corrected chi connectivity index (χ2v) is 11.9. The van der Waals surface area contributed by atoms with Crippen molar-refractivity contribution in [2.75, 3.05) is 13.1 Å². The lowest BCUT2D eigenvalue weighted by Gasteiger charge is -2.43. The summed E-state index contributed by atoms with van der Waals surface area (Å²) in [6, 6.07) is 0.267. The Bertz CT molecular complexity index is 514. The number of likely N-dealkylation sites (tertiary alicyclic amines) is 1. The van der Waals surface area contributed by atoms with Crippen LogP contribution < -0.4 is 4.72 Å². The van der Waals surface area contributed by atoms with Gasteiger partial charge in [-0.25, -0.2) is 13.7 Å². The van der Waals surface area contributed by atoms with Crippen molar-refractivity contribution in [3.05, 3.63) is 0 Å². The highest BCUT2D eigenvalue weighted by molar-refractivity contribution is 7.84. The molecule has 25 heavy (non-hydrogen) atoms. The Morgan fingerprint density at radius 1 is 1.16 bits per heavy atom. The van der Waals surface area contributed by atoms with Crippen LogP contribution in [0.1, 0.15) is 74.1 Å². The van der Waals surface area contributed by atoms with Gasteiger partial charge in [0.05, 0.1) is 15.7 Å². The third-order valence-electron chi connectivity index (χ3n) is 5.35. The summed E-state index contributed by atoms with van der Waals surface area (Å²) in [4.78, 5) is 14.1. The number of rotatable bonds is 2. The molecule has 1 heterocycles. The lowest BCUT2D eigenvalue weighted by molar-refractivity contribution is 0.00792. The standard InChI is InChI=1S/C19H36N2O3S/c1-14-12-15(20-25(23)18(5,6)7)19(13-14)8-10-21(11-9-19)16(22)24-17(2,3)4/h14-15,20H,8-13H2,1-7H3/t14-,15+,25+/m0/s1. The molecule has 2 rings (SSSR count). The topological polar surface area (TPSA) is 58.6 Å². The van der Waals surface area contributed by atoms with Gasteiger partial charge in [0.2, 0.25) is 0 Å². The molecule has 0 aromatic heterocycles. The van der Waals surface area contributed by atoms with Crippen LogP contribution in [0.5, 0.6) is 0 Å². The number of hydrogen-bond donors (Lipinski definition) is 1. The van der Waals surface area contributed by atoms with Crippen LogP contribution in [-0.2, 0) is 15.7 Å². The first kappa shape index (κ1) is 20.7. The van der Waals surface area contributed by atoms with Crippen LogP contribution >= 0.6 is 0 Å². The van der Waals surface area contributed by atoms with Crippen molar-refractivity contribution in [2.45, 2.75) is 90.5 Å². The highest BCUT2D eigenvalue weighted by Crippen LogP contribution is 2.49. The monoisotopic (exact) mass is 372 g/mol. The molecule has 0 unspecified atom stereocenters. The fourth-order valence-electron chi connectivity index (χ4n) is 4.06. The summed E-state index contributed by atoms with van der Waals surface area (Å²) in [5, 5.41) is 0. The van der Waals surface area contributed by atoms with E-state index in [1.165, 1.54) is 0 Å². The lowest BCUT2D eigenvalue weighted by Crippen LogP contribution is -2.52. The molecule has 1 N–H and O–H groups in total. The number of nitrogens with one attached hydrogen (secondary N) is 1. The van der Waals surface area contributed by atoms with E-state index >= 15 is 0 Å². The predicted molar refractivity (Wildman–Crippen MR) is 103 cm³/mol. The van der Waals surface area contributed by atoms with Crippen molar-refractivity contribution >= 4 is 17.1 Å².